The van der Waals surface area contributed by atoms with E-state index in [2.05, 4.69) is 15.0 Å². The molecule has 0 atom stereocenters. The minimum atomic E-state index is -0.385. The molecule has 0 radical (unpaired) electrons. The Bertz CT molecular complexity index is 1460. The maximum atomic E-state index is 13.9. The topological polar surface area (TPSA) is 91.6 Å². The fourth-order valence-corrected chi connectivity index (χ4v) is 3.53. The van der Waals surface area contributed by atoms with Crippen LogP contribution in [0.2, 0.25) is 0 Å². The van der Waals surface area contributed by atoms with Gasteiger partial charge in [-0.2, -0.15) is 0 Å². The number of benzene rings is 2. The third kappa shape index (κ3) is 3.44. The predicted molar refractivity (Wildman–Crippen MR) is 116 cm³/mol. The van der Waals surface area contributed by atoms with Crippen molar-refractivity contribution in [1.29, 1.82) is 0 Å². The monoisotopic (exact) mass is 412 g/mol. The highest BCUT2D eigenvalue weighted by Gasteiger charge is 2.18. The third-order valence-electron chi connectivity index (χ3n) is 4.98. The standard InChI is InChI=1S/C23H17FN6O/c24-17-8-4-7-16(11-17)22-28-20-21(25)26-14-27-23(20)30(22)18-9-10-19(31)29(13-18)12-15-5-2-1-3-6-15/h1-11,13-14H,12H2,(H2,25,26,27). The van der Waals surface area contributed by atoms with Crippen molar-refractivity contribution < 1.29 is 4.39 Å². The molecule has 152 valence electrons. The molecule has 0 unspecified atom stereocenters. The Balaban J connectivity index is 1.73. The average molecular weight is 412 g/mol. The van der Waals surface area contributed by atoms with Crippen LogP contribution < -0.4 is 11.3 Å². The molecular formula is C23H17FN6O. The highest BCUT2D eigenvalue weighted by atomic mass is 19.1. The zero-order valence-electron chi connectivity index (χ0n) is 16.3. The predicted octanol–water partition coefficient (Wildman–Crippen LogP) is 3.41. The van der Waals surface area contributed by atoms with Crippen LogP contribution in [-0.2, 0) is 6.54 Å². The first kappa shape index (κ1) is 18.7. The number of pyridine rings is 1. The second-order valence-corrected chi connectivity index (χ2v) is 7.05. The van der Waals surface area contributed by atoms with Crippen LogP contribution >= 0.6 is 0 Å². The van der Waals surface area contributed by atoms with Crippen molar-refractivity contribution in [2.75, 3.05) is 5.73 Å². The van der Waals surface area contributed by atoms with E-state index in [9.17, 15) is 9.18 Å². The van der Waals surface area contributed by atoms with Crippen LogP contribution in [0.25, 0.3) is 28.2 Å². The number of hydrogen-bond acceptors (Lipinski definition) is 5. The summed E-state index contributed by atoms with van der Waals surface area (Å²) >= 11 is 0. The number of hydrogen-bond donors (Lipinski definition) is 1. The first-order valence-electron chi connectivity index (χ1n) is 9.60. The molecule has 0 bridgehead atoms. The lowest BCUT2D eigenvalue weighted by Crippen LogP contribution is -2.20. The lowest BCUT2D eigenvalue weighted by atomic mass is 10.2. The van der Waals surface area contributed by atoms with E-state index in [-0.39, 0.29) is 17.2 Å². The Labute approximate surface area is 176 Å². The van der Waals surface area contributed by atoms with Gasteiger partial charge in [-0.05, 0) is 23.8 Å². The largest absolute Gasteiger partial charge is 0.382 e. The molecule has 31 heavy (non-hydrogen) atoms. The molecule has 2 N–H and O–H groups in total. The molecule has 0 spiro atoms. The number of nitrogen functional groups attached to an aromatic ring is 1. The molecule has 0 amide bonds. The molecule has 5 aromatic rings. The molecule has 8 heteroatoms. The quantitative estimate of drug-likeness (QED) is 0.488. The Morgan fingerprint density at radius 2 is 1.81 bits per heavy atom. The summed E-state index contributed by atoms with van der Waals surface area (Å²) in [6.07, 6.45) is 3.09. The lowest BCUT2D eigenvalue weighted by Gasteiger charge is -2.12. The fraction of sp³-hybridized carbons (Fsp3) is 0.0435. The number of fused-ring (bicyclic) bond motifs is 1. The maximum absolute atomic E-state index is 13.9. The summed E-state index contributed by atoms with van der Waals surface area (Å²) in [4.78, 5) is 25.5. The minimum Gasteiger partial charge on any atom is -0.382 e. The van der Waals surface area contributed by atoms with E-state index in [1.807, 2.05) is 30.3 Å². The van der Waals surface area contributed by atoms with Gasteiger partial charge in [0.15, 0.2) is 17.0 Å². The lowest BCUT2D eigenvalue weighted by molar-refractivity contribution is 0.628. The van der Waals surface area contributed by atoms with Gasteiger partial charge in [-0.1, -0.05) is 42.5 Å². The van der Waals surface area contributed by atoms with Crippen LogP contribution in [0, 0.1) is 5.82 Å². The van der Waals surface area contributed by atoms with Crippen LogP contribution in [-0.4, -0.2) is 24.1 Å². The first-order chi connectivity index (χ1) is 15.1. The Hall–Kier alpha value is -4.33. The Morgan fingerprint density at radius 3 is 2.61 bits per heavy atom. The van der Waals surface area contributed by atoms with Crippen molar-refractivity contribution in [1.82, 2.24) is 24.1 Å². The molecule has 0 saturated carbocycles. The van der Waals surface area contributed by atoms with Gasteiger partial charge in [-0.15, -0.1) is 0 Å². The molecule has 3 aromatic heterocycles. The van der Waals surface area contributed by atoms with Gasteiger partial charge < -0.3 is 10.3 Å². The molecule has 0 fully saturated rings. The third-order valence-corrected chi connectivity index (χ3v) is 4.98. The van der Waals surface area contributed by atoms with Crippen molar-refractivity contribution in [2.24, 2.45) is 0 Å². The summed E-state index contributed by atoms with van der Waals surface area (Å²) < 4.78 is 17.3. The van der Waals surface area contributed by atoms with Gasteiger partial charge in [0, 0.05) is 17.8 Å². The number of nitrogens with zero attached hydrogens (tertiary/aromatic N) is 5. The molecule has 2 aromatic carbocycles. The smallest absolute Gasteiger partial charge is 0.250 e. The van der Waals surface area contributed by atoms with E-state index in [0.29, 0.717) is 34.8 Å². The van der Waals surface area contributed by atoms with Crippen LogP contribution in [0.15, 0.2) is 84.0 Å². The number of halogens is 1. The molecule has 5 rings (SSSR count). The Kier molecular flexibility index (Phi) is 4.51. The van der Waals surface area contributed by atoms with Gasteiger partial charge in [0.1, 0.15) is 18.0 Å². The molecule has 7 nitrogen and oxygen atoms in total. The number of rotatable bonds is 4. The molecule has 3 heterocycles. The Morgan fingerprint density at radius 1 is 0.968 bits per heavy atom. The molecule has 0 saturated heterocycles. The van der Waals surface area contributed by atoms with E-state index >= 15 is 0 Å². The SMILES string of the molecule is Nc1ncnc2c1nc(-c1cccc(F)c1)n2-c1ccc(=O)n(Cc2ccccc2)c1. The minimum absolute atomic E-state index is 0.140. The summed E-state index contributed by atoms with van der Waals surface area (Å²) in [6, 6.07) is 19.0. The van der Waals surface area contributed by atoms with Crippen molar-refractivity contribution in [3.63, 3.8) is 0 Å². The molecule has 0 aliphatic heterocycles. The highest BCUT2D eigenvalue weighted by molar-refractivity contribution is 5.87. The average Bonchev–Trinajstić information content (AvgIpc) is 3.17. The van der Waals surface area contributed by atoms with E-state index in [0.717, 1.165) is 5.56 Å². The summed E-state index contributed by atoms with van der Waals surface area (Å²) in [6.45, 7) is 0.409. The number of aromatic nitrogens is 5. The summed E-state index contributed by atoms with van der Waals surface area (Å²) in [5.74, 6) is 0.287. The van der Waals surface area contributed by atoms with E-state index in [1.165, 1.54) is 24.5 Å². The fourth-order valence-electron chi connectivity index (χ4n) is 3.53. The van der Waals surface area contributed by atoms with E-state index in [1.54, 1.807) is 33.5 Å². The van der Waals surface area contributed by atoms with Gasteiger partial charge in [0.05, 0.1) is 12.2 Å². The molecule has 0 aliphatic rings. The maximum Gasteiger partial charge on any atom is 0.250 e. The number of imidazole rings is 1. The second kappa shape index (κ2) is 7.49. The molecular weight excluding hydrogens is 395 g/mol. The summed E-state index contributed by atoms with van der Waals surface area (Å²) in [7, 11) is 0. The normalized spacial score (nSPS) is 11.1. The van der Waals surface area contributed by atoms with Crippen LogP contribution in [0.4, 0.5) is 10.2 Å². The van der Waals surface area contributed by atoms with Gasteiger partial charge in [-0.3, -0.25) is 9.36 Å². The van der Waals surface area contributed by atoms with Crippen molar-refractivity contribution in [3.8, 4) is 17.1 Å². The highest BCUT2D eigenvalue weighted by Crippen LogP contribution is 2.29. The zero-order valence-corrected chi connectivity index (χ0v) is 16.3. The van der Waals surface area contributed by atoms with Gasteiger partial charge >= 0.3 is 0 Å². The van der Waals surface area contributed by atoms with E-state index in [4.69, 9.17) is 5.73 Å². The van der Waals surface area contributed by atoms with Crippen LogP contribution in [0.3, 0.4) is 0 Å². The number of anilines is 1. The van der Waals surface area contributed by atoms with Crippen LogP contribution in [0.1, 0.15) is 5.56 Å². The van der Waals surface area contributed by atoms with Gasteiger partial charge in [0.25, 0.3) is 5.56 Å². The summed E-state index contributed by atoms with van der Waals surface area (Å²) in [5, 5.41) is 0. The first-order valence-corrected chi connectivity index (χ1v) is 9.60. The zero-order chi connectivity index (χ0) is 21.4. The van der Waals surface area contributed by atoms with E-state index < -0.39 is 0 Å². The van der Waals surface area contributed by atoms with Crippen molar-refractivity contribution in [3.05, 3.63) is 101 Å². The molecule has 0 aliphatic carbocycles. The van der Waals surface area contributed by atoms with Crippen molar-refractivity contribution >= 4 is 17.0 Å². The number of nitrogens with two attached hydrogens (primary N) is 1. The van der Waals surface area contributed by atoms with Gasteiger partial charge in [0.2, 0.25) is 0 Å². The second-order valence-electron chi connectivity index (χ2n) is 7.05. The summed E-state index contributed by atoms with van der Waals surface area (Å²) in [5.41, 5.74) is 8.96. The van der Waals surface area contributed by atoms with Crippen molar-refractivity contribution in [2.45, 2.75) is 6.54 Å². The van der Waals surface area contributed by atoms with Crippen LogP contribution in [0.5, 0.6) is 0 Å². The van der Waals surface area contributed by atoms with Gasteiger partial charge in [-0.25, -0.2) is 19.3 Å².